The first-order valence-corrected chi connectivity index (χ1v) is 12.0. The van der Waals surface area contributed by atoms with Gasteiger partial charge in [0, 0.05) is 22.2 Å². The van der Waals surface area contributed by atoms with E-state index in [-0.39, 0.29) is 23.5 Å². The van der Waals surface area contributed by atoms with Gasteiger partial charge >= 0.3 is 0 Å². The first kappa shape index (κ1) is 25.0. The lowest BCUT2D eigenvalue weighted by Crippen LogP contribution is -2.26. The highest BCUT2D eigenvalue weighted by Crippen LogP contribution is 2.33. The van der Waals surface area contributed by atoms with Gasteiger partial charge in [0.25, 0.3) is 5.91 Å². The Morgan fingerprint density at radius 2 is 1.94 bits per heavy atom. The van der Waals surface area contributed by atoms with Crippen LogP contribution in [0.15, 0.2) is 75.0 Å². The van der Waals surface area contributed by atoms with Gasteiger partial charge in [0.05, 0.1) is 40.6 Å². The molecule has 0 spiro atoms. The first-order valence-electron chi connectivity index (χ1n) is 9.81. The van der Waals surface area contributed by atoms with E-state index in [1.807, 2.05) is 30.3 Å². The number of benzene rings is 3. The van der Waals surface area contributed by atoms with Crippen molar-refractivity contribution in [2.24, 2.45) is 4.99 Å². The minimum absolute atomic E-state index is 0.0477. The number of halogens is 3. The number of hydroxylamine groups is 1. The summed E-state index contributed by atoms with van der Waals surface area (Å²) in [7, 11) is 1.56. The van der Waals surface area contributed by atoms with Crippen LogP contribution in [0.25, 0.3) is 0 Å². The zero-order chi connectivity index (χ0) is 23.6. The highest BCUT2D eigenvalue weighted by molar-refractivity contribution is 9.10. The minimum atomic E-state index is -0.666. The molecule has 0 atom stereocenters. The zero-order valence-electron chi connectivity index (χ0n) is 17.6. The Balaban J connectivity index is 1.73. The van der Waals surface area contributed by atoms with E-state index in [0.717, 1.165) is 9.37 Å². The van der Waals surface area contributed by atoms with E-state index in [1.54, 1.807) is 37.0 Å². The molecule has 0 aliphatic carbocycles. The van der Waals surface area contributed by atoms with E-state index >= 15 is 4.39 Å². The lowest BCUT2D eigenvalue weighted by molar-refractivity contribution is 0.0375. The molecule has 0 aliphatic heterocycles. The lowest BCUT2D eigenvalue weighted by atomic mass is 10.1. The van der Waals surface area contributed by atoms with Crippen molar-refractivity contribution in [1.82, 2.24) is 5.48 Å². The molecule has 1 amide bonds. The molecule has 3 aromatic rings. The van der Waals surface area contributed by atoms with Gasteiger partial charge in [-0.3, -0.25) is 14.6 Å². The third-order valence-corrected chi connectivity index (χ3v) is 6.07. The first-order chi connectivity index (χ1) is 16.0. The van der Waals surface area contributed by atoms with Gasteiger partial charge in [-0.05, 0) is 42.5 Å². The summed E-state index contributed by atoms with van der Waals surface area (Å²) in [5.74, 6) is -0.622. The van der Waals surface area contributed by atoms with Crippen molar-refractivity contribution in [3.63, 3.8) is 0 Å². The summed E-state index contributed by atoms with van der Waals surface area (Å²) >= 11 is 11.2. The second-order valence-corrected chi connectivity index (χ2v) is 9.06. The standard InChI is InChI=1S/C23H21BrClFN4O2S/c1-27-14-28-20-10-8-17(22(21(20)26)29-19-9-7-15(24)13-18(19)25)23(31)30-32-11-12-33-16-5-3-2-4-6-16/h2-10,13-14,29H,11-12H2,1H3,(H,27,28)(H,30,31). The second kappa shape index (κ2) is 12.6. The number of aliphatic imine (C=N–C) groups is 1. The van der Waals surface area contributed by atoms with Gasteiger partial charge in [0.15, 0.2) is 5.82 Å². The van der Waals surface area contributed by atoms with Crippen molar-refractivity contribution in [2.45, 2.75) is 4.90 Å². The predicted octanol–water partition coefficient (Wildman–Crippen LogP) is 6.51. The van der Waals surface area contributed by atoms with Gasteiger partial charge in [-0.15, -0.1) is 11.8 Å². The van der Waals surface area contributed by atoms with Crippen LogP contribution in [0.5, 0.6) is 0 Å². The average molecular weight is 552 g/mol. The zero-order valence-corrected chi connectivity index (χ0v) is 20.7. The van der Waals surface area contributed by atoms with Gasteiger partial charge in [0.2, 0.25) is 0 Å². The molecule has 0 radical (unpaired) electrons. The molecule has 0 aromatic heterocycles. The van der Waals surface area contributed by atoms with Crippen LogP contribution >= 0.6 is 39.3 Å². The van der Waals surface area contributed by atoms with Crippen LogP contribution in [-0.4, -0.2) is 31.7 Å². The SMILES string of the molecule is CN=CNc1ccc(C(=O)NOCCSc2ccccc2)c(Nc2ccc(Br)cc2Cl)c1F. The van der Waals surface area contributed by atoms with Crippen LogP contribution in [0.4, 0.5) is 21.5 Å². The highest BCUT2D eigenvalue weighted by Gasteiger charge is 2.20. The largest absolute Gasteiger partial charge is 0.351 e. The van der Waals surface area contributed by atoms with E-state index in [1.165, 1.54) is 18.5 Å². The molecule has 0 saturated heterocycles. The Bertz CT molecular complexity index is 1130. The maximum atomic E-state index is 15.3. The Kier molecular flexibility index (Phi) is 9.56. The minimum Gasteiger partial charge on any atom is -0.351 e. The third-order valence-electron chi connectivity index (χ3n) is 4.29. The number of anilines is 3. The van der Waals surface area contributed by atoms with Gasteiger partial charge in [-0.1, -0.05) is 45.7 Å². The molecule has 0 saturated carbocycles. The van der Waals surface area contributed by atoms with Crippen LogP contribution in [0.2, 0.25) is 5.02 Å². The molecule has 3 rings (SSSR count). The van der Waals surface area contributed by atoms with Crippen molar-refractivity contribution in [2.75, 3.05) is 30.0 Å². The van der Waals surface area contributed by atoms with Gasteiger partial charge in [-0.2, -0.15) is 0 Å². The van der Waals surface area contributed by atoms with Crippen LogP contribution in [-0.2, 0) is 4.84 Å². The Labute approximate surface area is 209 Å². The fourth-order valence-electron chi connectivity index (χ4n) is 2.75. The number of hydrogen-bond donors (Lipinski definition) is 3. The normalized spacial score (nSPS) is 10.9. The number of thioether (sulfide) groups is 1. The second-order valence-electron chi connectivity index (χ2n) is 6.57. The summed E-state index contributed by atoms with van der Waals surface area (Å²) in [5.41, 5.74) is 2.97. The van der Waals surface area contributed by atoms with E-state index in [9.17, 15) is 4.79 Å². The summed E-state index contributed by atoms with van der Waals surface area (Å²) < 4.78 is 16.1. The predicted molar refractivity (Wildman–Crippen MR) is 137 cm³/mol. The molecule has 0 unspecified atom stereocenters. The molecule has 10 heteroatoms. The van der Waals surface area contributed by atoms with E-state index < -0.39 is 11.7 Å². The lowest BCUT2D eigenvalue weighted by Gasteiger charge is -2.16. The summed E-state index contributed by atoms with van der Waals surface area (Å²) in [6, 6.07) is 17.9. The van der Waals surface area contributed by atoms with E-state index in [0.29, 0.717) is 16.5 Å². The molecule has 33 heavy (non-hydrogen) atoms. The number of amides is 1. The number of carbonyl (C=O) groups is 1. The van der Waals surface area contributed by atoms with Gasteiger partial charge in [-0.25, -0.2) is 9.87 Å². The number of nitrogens with zero attached hydrogens (tertiary/aromatic N) is 1. The summed E-state index contributed by atoms with van der Waals surface area (Å²) in [4.78, 5) is 23.0. The molecule has 3 N–H and O–H groups in total. The van der Waals surface area contributed by atoms with E-state index in [2.05, 4.69) is 37.0 Å². The van der Waals surface area contributed by atoms with Crippen LogP contribution in [0.3, 0.4) is 0 Å². The van der Waals surface area contributed by atoms with Crippen molar-refractivity contribution in [1.29, 1.82) is 0 Å². The maximum Gasteiger partial charge on any atom is 0.277 e. The topological polar surface area (TPSA) is 74.8 Å². The van der Waals surface area contributed by atoms with Crippen molar-refractivity contribution in [3.05, 3.63) is 81.5 Å². The number of carbonyl (C=O) groups excluding carboxylic acids is 1. The molecule has 172 valence electrons. The van der Waals surface area contributed by atoms with Crippen molar-refractivity contribution >= 4 is 68.6 Å². The molecule has 0 bridgehead atoms. The molecule has 0 heterocycles. The fourth-order valence-corrected chi connectivity index (χ4v) is 4.22. The molecular formula is C23H21BrClFN4O2S. The number of rotatable bonds is 10. The third kappa shape index (κ3) is 7.20. The fraction of sp³-hybridized carbons (Fsp3) is 0.130. The van der Waals surface area contributed by atoms with Crippen LogP contribution < -0.4 is 16.1 Å². The Hall–Kier alpha value is -2.59. The Morgan fingerprint density at radius 1 is 1.18 bits per heavy atom. The Morgan fingerprint density at radius 3 is 2.67 bits per heavy atom. The summed E-state index contributed by atoms with van der Waals surface area (Å²) in [5, 5.41) is 6.02. The van der Waals surface area contributed by atoms with Crippen LogP contribution in [0, 0.1) is 5.82 Å². The van der Waals surface area contributed by atoms with E-state index in [4.69, 9.17) is 16.4 Å². The van der Waals surface area contributed by atoms with Crippen molar-refractivity contribution < 1.29 is 14.0 Å². The van der Waals surface area contributed by atoms with Gasteiger partial charge in [0.1, 0.15) is 0 Å². The quantitative estimate of drug-likeness (QED) is 0.0881. The number of nitrogens with one attached hydrogen (secondary N) is 3. The molecular weight excluding hydrogens is 531 g/mol. The summed E-state index contributed by atoms with van der Waals surface area (Å²) in [6.45, 7) is 0.279. The number of hydrogen-bond acceptors (Lipinski definition) is 5. The maximum absolute atomic E-state index is 15.3. The monoisotopic (exact) mass is 550 g/mol. The molecule has 0 fully saturated rings. The summed E-state index contributed by atoms with van der Waals surface area (Å²) in [6.07, 6.45) is 1.35. The molecule has 0 aliphatic rings. The average Bonchev–Trinajstić information content (AvgIpc) is 2.81. The van der Waals surface area contributed by atoms with Crippen molar-refractivity contribution in [3.8, 4) is 0 Å². The van der Waals surface area contributed by atoms with Crippen LogP contribution in [0.1, 0.15) is 10.4 Å². The van der Waals surface area contributed by atoms with Gasteiger partial charge < -0.3 is 10.6 Å². The smallest absolute Gasteiger partial charge is 0.277 e. The molecule has 6 nitrogen and oxygen atoms in total. The highest BCUT2D eigenvalue weighted by atomic mass is 79.9. The molecule has 3 aromatic carbocycles.